The topological polar surface area (TPSA) is 394 Å². The quantitative estimate of drug-likeness (QED) is 0.0130. The van der Waals surface area contributed by atoms with E-state index < -0.39 is 86.8 Å². The molecule has 2 atom stereocenters. The second-order valence-corrected chi connectivity index (χ2v) is 27.1. The molecule has 2 aliphatic rings. The molecular weight excluding hydrogens is 1200 g/mol. The number of allylic oxidation sites excluding steroid dienone is 8. The van der Waals surface area contributed by atoms with Gasteiger partial charge in [0.15, 0.2) is 12.3 Å². The fourth-order valence-corrected chi connectivity index (χ4v) is 13.9. The molecule has 462 valence electrons. The van der Waals surface area contributed by atoms with Crippen LogP contribution in [0.1, 0.15) is 69.9 Å². The first-order valence-corrected chi connectivity index (χ1v) is 33.5. The Morgan fingerprint density at radius 1 is 0.595 bits per heavy atom. The lowest BCUT2D eigenvalue weighted by molar-refractivity contribution is -0.441. The minimum Gasteiger partial charge on any atom is -0.748 e. The molecule has 0 aromatic heterocycles. The number of anilines is 1. The summed E-state index contributed by atoms with van der Waals surface area (Å²) in [5, 5.41) is -0.386. The predicted octanol–water partition coefficient (Wildman–Crippen LogP) is 3.90. The number of ether oxygens (including phenoxy) is 5. The number of carbonyl (C=O) groups is 1. The first-order valence-electron chi connectivity index (χ1n) is 26.3. The largest absolute Gasteiger partial charge is 0.748 e. The number of nitrogens with two attached hydrogens (primary N) is 1. The van der Waals surface area contributed by atoms with Crippen LogP contribution in [-0.2, 0) is 89.9 Å². The van der Waals surface area contributed by atoms with E-state index in [2.05, 4.69) is 5.43 Å². The zero-order chi connectivity index (χ0) is 61.9. The van der Waals surface area contributed by atoms with Gasteiger partial charge in [-0.25, -0.2) is 47.9 Å². The van der Waals surface area contributed by atoms with Crippen molar-refractivity contribution < 1.29 is 97.9 Å². The molecule has 30 heteroatoms. The number of carbonyl (C=O) groups excluding carboxylic acids is 1. The average molecular weight is 1270 g/mol. The highest BCUT2D eigenvalue weighted by Crippen LogP contribution is 2.54. The first kappa shape index (κ1) is 67.7. The van der Waals surface area contributed by atoms with Gasteiger partial charge in [0, 0.05) is 79.4 Å². The summed E-state index contributed by atoms with van der Waals surface area (Å²) < 4.78 is 216. The highest BCUT2D eigenvalue weighted by atomic mass is 32.2. The number of nitrogens with zero attached hydrogens (tertiary/aromatic N) is 2. The number of unbranched alkanes of at least 4 members (excludes halogenated alkanes) is 2. The Labute approximate surface area is 489 Å². The lowest BCUT2D eigenvalue weighted by Crippen LogP contribution is -2.32. The summed E-state index contributed by atoms with van der Waals surface area (Å²) in [5.41, 5.74) is 2.19. The van der Waals surface area contributed by atoms with Gasteiger partial charge in [0.1, 0.15) is 47.1 Å². The Morgan fingerprint density at radius 3 is 1.68 bits per heavy atom. The number of benzene rings is 4. The molecule has 0 aliphatic carbocycles. The number of hydrogen-bond acceptors (Lipinski definition) is 23. The number of hydrogen-bond donors (Lipinski definition) is 2. The van der Waals surface area contributed by atoms with Gasteiger partial charge in [0.05, 0.1) is 74.8 Å². The van der Waals surface area contributed by atoms with Gasteiger partial charge in [0.25, 0.3) is 0 Å². The number of fused-ring (bicyclic) bond motifs is 6. The molecule has 6 rings (SSSR count). The van der Waals surface area contributed by atoms with Gasteiger partial charge in [-0.15, -0.1) is 0 Å². The van der Waals surface area contributed by atoms with E-state index in [0.29, 0.717) is 86.1 Å². The summed E-state index contributed by atoms with van der Waals surface area (Å²) in [4.78, 5) is 10.1. The lowest BCUT2D eigenvalue weighted by Gasteiger charge is -2.31. The maximum Gasteiger partial charge on any atom is 0.233 e. The van der Waals surface area contributed by atoms with Crippen LogP contribution < -0.4 is 16.2 Å². The first-order chi connectivity index (χ1) is 39.4. The van der Waals surface area contributed by atoms with Gasteiger partial charge in [-0.2, -0.15) is 4.58 Å². The number of amides is 1. The van der Waals surface area contributed by atoms with Crippen LogP contribution in [-0.4, -0.2) is 167 Å². The van der Waals surface area contributed by atoms with E-state index in [1.807, 2.05) is 11.8 Å². The maximum absolute atomic E-state index is 12.8. The summed E-state index contributed by atoms with van der Waals surface area (Å²) in [5.74, 6) is 4.13. The Balaban J connectivity index is 1.44. The molecule has 0 saturated carbocycles. The van der Waals surface area contributed by atoms with Crippen LogP contribution in [0.4, 0.5) is 11.4 Å². The van der Waals surface area contributed by atoms with E-state index in [4.69, 9.17) is 29.5 Å². The maximum atomic E-state index is 12.8. The number of hydrazine groups is 1. The van der Waals surface area contributed by atoms with Crippen molar-refractivity contribution in [2.45, 2.75) is 89.2 Å². The van der Waals surface area contributed by atoms with Crippen LogP contribution >= 0.6 is 0 Å². The molecule has 2 unspecified atom stereocenters. The van der Waals surface area contributed by atoms with Crippen molar-refractivity contribution in [2.24, 2.45) is 5.84 Å². The number of nitrogens with one attached hydrogen (secondary N) is 1. The van der Waals surface area contributed by atoms with Crippen LogP contribution in [0.5, 0.6) is 0 Å². The van der Waals surface area contributed by atoms with Gasteiger partial charge < -0.3 is 51.3 Å². The third kappa shape index (κ3) is 16.6. The number of methoxy groups -OCH3 is 2. The van der Waals surface area contributed by atoms with E-state index >= 15 is 0 Å². The SMILES string of the molecule is COCCOCCOCCOCCC1(C)\C(=C/C=C/C=C/C=C/C2=[N+](CCOC)c3ccc4c(S(=O)(=O)[O-])cc(S(=O)(=O)[O-])cc4c3C2(C)CCCS(=O)(=O)[O-])N(CCCCCC(=O)NN)c2ccc3c(S(=O)(=O)[O-])cc(S(=O)(=O)[O-])cc3c21. The normalized spacial score (nSPS) is 18.5. The third-order valence-corrected chi connectivity index (χ3v) is 18.7. The van der Waals surface area contributed by atoms with E-state index in [9.17, 15) is 69.6 Å². The Bertz CT molecular complexity index is 3850. The van der Waals surface area contributed by atoms with Crippen LogP contribution in [0.15, 0.2) is 116 Å². The third-order valence-electron chi connectivity index (χ3n) is 14.5. The Morgan fingerprint density at radius 2 is 1.13 bits per heavy atom. The van der Waals surface area contributed by atoms with E-state index in [0.717, 1.165) is 12.1 Å². The Hall–Kier alpha value is -5.39. The molecule has 0 spiro atoms. The smallest absolute Gasteiger partial charge is 0.233 e. The van der Waals surface area contributed by atoms with Crippen molar-refractivity contribution >= 4 is 95.1 Å². The van der Waals surface area contributed by atoms with Crippen molar-refractivity contribution in [1.29, 1.82) is 0 Å². The van der Waals surface area contributed by atoms with Gasteiger partial charge in [-0.05, 0) is 110 Å². The minimum absolute atomic E-state index is 0.0210. The highest BCUT2D eigenvalue weighted by molar-refractivity contribution is 7.87. The zero-order valence-corrected chi connectivity index (χ0v) is 50.6. The molecule has 0 fully saturated rings. The molecular formula is C54H66N4O21S5-4. The summed E-state index contributed by atoms with van der Waals surface area (Å²) in [7, 11) is -23.2. The molecule has 0 radical (unpaired) electrons. The van der Waals surface area contributed by atoms with Gasteiger partial charge in [-0.1, -0.05) is 42.9 Å². The minimum atomic E-state index is -5.39. The zero-order valence-electron chi connectivity index (χ0n) is 46.5. The molecule has 0 saturated heterocycles. The summed E-state index contributed by atoms with van der Waals surface area (Å²) in [6.45, 7) is 5.88. The number of rotatable bonds is 33. The van der Waals surface area contributed by atoms with Crippen molar-refractivity contribution in [1.82, 2.24) is 5.43 Å². The molecule has 3 N–H and O–H groups in total. The van der Waals surface area contributed by atoms with E-state index in [1.54, 1.807) is 67.2 Å². The highest BCUT2D eigenvalue weighted by Gasteiger charge is 2.49. The van der Waals surface area contributed by atoms with Crippen LogP contribution in [0.3, 0.4) is 0 Å². The monoisotopic (exact) mass is 1270 g/mol. The standard InChI is InChI=1S/C54H70N4O21S5/c1-53(21-13-33-80(60,61)62)48(58(24-26-75-3)45-20-18-40-42(51(45)53)34-38(81(63,64)65)36-46(40)83(69,70)71)14-9-6-5-7-10-15-49-54(2,22-25-77-29-30-79-32-31-78-28-27-76-4)52-43-35-39(82(66,67)68)37-47(84(72,73)74)41(43)17-19-44(52)57(49)23-12-8-11-16-50(59)56-55/h5-7,9-10,14-15,17-20,34-37H,8,11-13,16,21-33,55H2,1-4H3,(H5-,56,59,60,61,62,63,64,65,66,67,68,69,70,71,72,73,74)/p-4. The van der Waals surface area contributed by atoms with Crippen molar-refractivity contribution in [3.05, 3.63) is 108 Å². The van der Waals surface area contributed by atoms with Crippen molar-refractivity contribution in [3.63, 3.8) is 0 Å². The van der Waals surface area contributed by atoms with Gasteiger partial charge >= 0.3 is 0 Å². The lowest BCUT2D eigenvalue weighted by atomic mass is 9.74. The predicted molar refractivity (Wildman–Crippen MR) is 303 cm³/mol. The molecule has 4 aromatic carbocycles. The molecule has 84 heavy (non-hydrogen) atoms. The molecule has 25 nitrogen and oxygen atoms in total. The van der Waals surface area contributed by atoms with Crippen LogP contribution in [0.25, 0.3) is 21.5 Å². The summed E-state index contributed by atoms with van der Waals surface area (Å²) >= 11 is 0. The van der Waals surface area contributed by atoms with Crippen LogP contribution in [0, 0.1) is 0 Å². The van der Waals surface area contributed by atoms with Gasteiger partial charge in [-0.3, -0.25) is 10.2 Å². The molecule has 2 heterocycles. The van der Waals surface area contributed by atoms with E-state index in [-0.39, 0.29) is 98.3 Å². The second kappa shape index (κ2) is 28.4. The molecule has 2 aliphatic heterocycles. The fraction of sp³-hybridized carbons (Fsp3) is 0.444. The fourth-order valence-electron chi connectivity index (χ4n) is 10.7. The second-order valence-electron chi connectivity index (χ2n) is 20.1. The van der Waals surface area contributed by atoms with Gasteiger partial charge in [0.2, 0.25) is 11.6 Å². The molecule has 1 amide bonds. The summed E-state index contributed by atoms with van der Waals surface area (Å²) in [6.07, 6.45) is 13.2. The molecule has 0 bridgehead atoms. The van der Waals surface area contributed by atoms with Crippen LogP contribution in [0.2, 0.25) is 0 Å². The Kier molecular flexibility index (Phi) is 22.9. The van der Waals surface area contributed by atoms with Crippen molar-refractivity contribution in [2.75, 3.05) is 90.8 Å². The average Bonchev–Trinajstić information content (AvgIpc) is 1.56. The molecule has 4 aromatic rings. The van der Waals surface area contributed by atoms with E-state index in [1.165, 1.54) is 25.3 Å². The van der Waals surface area contributed by atoms with Crippen molar-refractivity contribution in [3.8, 4) is 0 Å². The summed E-state index contributed by atoms with van der Waals surface area (Å²) in [6, 6.07) is 8.85.